The zero-order chi connectivity index (χ0) is 14.0. The van der Waals surface area contributed by atoms with Crippen LogP contribution < -0.4 is 5.32 Å². The summed E-state index contributed by atoms with van der Waals surface area (Å²) in [6.07, 6.45) is 0. The van der Waals surface area contributed by atoms with Gasteiger partial charge in [-0.25, -0.2) is 14.4 Å². The van der Waals surface area contributed by atoms with Crippen LogP contribution in [0.2, 0.25) is 5.15 Å². The number of benzene rings is 1. The van der Waals surface area contributed by atoms with E-state index in [1.54, 1.807) is 19.1 Å². The van der Waals surface area contributed by atoms with Gasteiger partial charge in [-0.1, -0.05) is 17.7 Å². The maximum Gasteiger partial charge on any atom is 0.261 e. The first-order chi connectivity index (χ1) is 8.97. The Labute approximate surface area is 122 Å². The van der Waals surface area contributed by atoms with Crippen molar-refractivity contribution >= 4 is 39.4 Å². The highest BCUT2D eigenvalue weighted by Gasteiger charge is 2.15. The van der Waals surface area contributed by atoms with Crippen molar-refractivity contribution in [2.45, 2.75) is 6.92 Å². The Balaban J connectivity index is 2.28. The summed E-state index contributed by atoms with van der Waals surface area (Å²) >= 11 is 8.77. The smallest absolute Gasteiger partial charge is 0.261 e. The number of aromatic nitrogens is 2. The maximum atomic E-state index is 13.7. The van der Waals surface area contributed by atoms with E-state index in [1.807, 2.05) is 0 Å². The molecule has 0 aliphatic carbocycles. The summed E-state index contributed by atoms with van der Waals surface area (Å²) in [7, 11) is 0. The van der Waals surface area contributed by atoms with Crippen LogP contribution in [0.3, 0.4) is 0 Å². The number of hydrogen-bond acceptors (Lipinski definition) is 3. The lowest BCUT2D eigenvalue weighted by molar-refractivity contribution is 0.102. The molecule has 98 valence electrons. The fraction of sp³-hybridized carbons (Fsp3) is 0.0833. The zero-order valence-corrected chi connectivity index (χ0v) is 12.1. The average Bonchev–Trinajstić information content (AvgIpc) is 2.31. The number of nitrogens with zero attached hydrogens (tertiary/aromatic N) is 2. The Morgan fingerprint density at radius 1 is 1.42 bits per heavy atom. The number of rotatable bonds is 2. The molecule has 0 aliphatic heterocycles. The van der Waals surface area contributed by atoms with Crippen molar-refractivity contribution in [2.75, 3.05) is 5.32 Å². The Bertz CT molecular complexity index is 631. The third kappa shape index (κ3) is 3.27. The van der Waals surface area contributed by atoms with E-state index in [-0.39, 0.29) is 21.1 Å². The van der Waals surface area contributed by atoms with E-state index in [2.05, 4.69) is 31.2 Å². The average molecular weight is 345 g/mol. The second-order valence-corrected chi connectivity index (χ2v) is 4.95. The minimum atomic E-state index is -0.640. The standard InChI is InChI=1S/C12H8BrClFN3O/c1-6-5-9(14)17-12(16-6)18-11(19)7-3-2-4-8(13)10(7)15/h2-5H,1H3,(H,16,17,18,19). The second kappa shape index (κ2) is 5.63. The molecule has 2 aromatic rings. The lowest BCUT2D eigenvalue weighted by Gasteiger charge is -2.06. The molecule has 0 fully saturated rings. The molecule has 0 saturated heterocycles. The van der Waals surface area contributed by atoms with Gasteiger partial charge in [-0.05, 0) is 41.1 Å². The molecule has 2 rings (SSSR count). The fourth-order valence-corrected chi connectivity index (χ4v) is 2.04. The molecule has 4 nitrogen and oxygen atoms in total. The number of carbonyl (C=O) groups is 1. The van der Waals surface area contributed by atoms with Crippen molar-refractivity contribution in [3.05, 3.63) is 51.0 Å². The number of carbonyl (C=O) groups excluding carboxylic acids is 1. The van der Waals surface area contributed by atoms with Crippen LogP contribution >= 0.6 is 27.5 Å². The van der Waals surface area contributed by atoms with Gasteiger partial charge in [-0.2, -0.15) is 0 Å². The molecule has 1 heterocycles. The van der Waals surface area contributed by atoms with E-state index in [4.69, 9.17) is 11.6 Å². The molecule has 0 atom stereocenters. The highest BCUT2D eigenvalue weighted by atomic mass is 79.9. The van der Waals surface area contributed by atoms with Crippen molar-refractivity contribution in [1.82, 2.24) is 9.97 Å². The molecule has 0 spiro atoms. The van der Waals surface area contributed by atoms with E-state index < -0.39 is 11.7 Å². The molecule has 0 saturated carbocycles. The van der Waals surface area contributed by atoms with Crippen LogP contribution in [0, 0.1) is 12.7 Å². The first-order valence-electron chi connectivity index (χ1n) is 5.24. The van der Waals surface area contributed by atoms with Crippen molar-refractivity contribution < 1.29 is 9.18 Å². The number of amides is 1. The third-order valence-corrected chi connectivity index (χ3v) is 3.05. The molecule has 7 heteroatoms. The van der Waals surface area contributed by atoms with Gasteiger partial charge < -0.3 is 0 Å². The van der Waals surface area contributed by atoms with Crippen LogP contribution in [0.15, 0.2) is 28.7 Å². The molecular weight excluding hydrogens is 337 g/mol. The summed E-state index contributed by atoms with van der Waals surface area (Å²) < 4.78 is 14.0. The molecule has 0 unspecified atom stereocenters. The van der Waals surface area contributed by atoms with Gasteiger partial charge in [0.1, 0.15) is 11.0 Å². The summed E-state index contributed by atoms with van der Waals surface area (Å²) in [6.45, 7) is 1.71. The van der Waals surface area contributed by atoms with E-state index in [0.717, 1.165) is 0 Å². The normalized spacial score (nSPS) is 10.3. The highest BCUT2D eigenvalue weighted by molar-refractivity contribution is 9.10. The predicted molar refractivity (Wildman–Crippen MR) is 73.8 cm³/mol. The monoisotopic (exact) mass is 343 g/mol. The van der Waals surface area contributed by atoms with Gasteiger partial charge in [-0.15, -0.1) is 0 Å². The van der Waals surface area contributed by atoms with Gasteiger partial charge in [0, 0.05) is 5.69 Å². The highest BCUT2D eigenvalue weighted by Crippen LogP contribution is 2.19. The Kier molecular flexibility index (Phi) is 4.11. The molecule has 1 aromatic heterocycles. The van der Waals surface area contributed by atoms with Gasteiger partial charge in [0.05, 0.1) is 10.0 Å². The maximum absolute atomic E-state index is 13.7. The summed E-state index contributed by atoms with van der Waals surface area (Å²) in [4.78, 5) is 19.7. The van der Waals surface area contributed by atoms with E-state index in [9.17, 15) is 9.18 Å². The first kappa shape index (κ1) is 13.9. The zero-order valence-electron chi connectivity index (χ0n) is 9.75. The summed E-state index contributed by atoms with van der Waals surface area (Å²) in [5, 5.41) is 2.61. The van der Waals surface area contributed by atoms with Gasteiger partial charge in [0.15, 0.2) is 0 Å². The number of hydrogen-bond donors (Lipinski definition) is 1. The molecular formula is C12H8BrClFN3O. The van der Waals surface area contributed by atoms with Gasteiger partial charge >= 0.3 is 0 Å². The van der Waals surface area contributed by atoms with Crippen molar-refractivity contribution in [2.24, 2.45) is 0 Å². The fourth-order valence-electron chi connectivity index (χ4n) is 1.43. The SMILES string of the molecule is Cc1cc(Cl)nc(NC(=O)c2cccc(Br)c2F)n1. The van der Waals surface area contributed by atoms with Gasteiger partial charge in [0.25, 0.3) is 5.91 Å². The molecule has 0 radical (unpaired) electrons. The van der Waals surface area contributed by atoms with Gasteiger partial charge in [-0.3, -0.25) is 10.1 Å². The quantitative estimate of drug-likeness (QED) is 0.847. The van der Waals surface area contributed by atoms with Crippen LogP contribution in [-0.4, -0.2) is 15.9 Å². The molecule has 1 amide bonds. The molecule has 19 heavy (non-hydrogen) atoms. The Hall–Kier alpha value is -1.53. The Morgan fingerprint density at radius 2 is 2.16 bits per heavy atom. The van der Waals surface area contributed by atoms with Crippen molar-refractivity contribution in [3.63, 3.8) is 0 Å². The van der Waals surface area contributed by atoms with E-state index >= 15 is 0 Å². The van der Waals surface area contributed by atoms with Crippen LogP contribution in [0.25, 0.3) is 0 Å². The molecule has 0 aliphatic rings. The Morgan fingerprint density at radius 3 is 2.84 bits per heavy atom. The number of nitrogens with one attached hydrogen (secondary N) is 1. The predicted octanol–water partition coefficient (Wildman–Crippen LogP) is 3.59. The topological polar surface area (TPSA) is 54.9 Å². The lowest BCUT2D eigenvalue weighted by Crippen LogP contribution is -2.16. The van der Waals surface area contributed by atoms with Crippen LogP contribution in [0.5, 0.6) is 0 Å². The number of anilines is 1. The number of aryl methyl sites for hydroxylation is 1. The summed E-state index contributed by atoms with van der Waals surface area (Å²) in [6, 6.07) is 5.99. The third-order valence-electron chi connectivity index (χ3n) is 2.24. The molecule has 0 bridgehead atoms. The van der Waals surface area contributed by atoms with Crippen LogP contribution in [0.4, 0.5) is 10.3 Å². The van der Waals surface area contributed by atoms with Crippen molar-refractivity contribution in [3.8, 4) is 0 Å². The second-order valence-electron chi connectivity index (χ2n) is 3.71. The lowest BCUT2D eigenvalue weighted by atomic mass is 10.2. The summed E-state index contributed by atoms with van der Waals surface area (Å²) in [5.74, 6) is -1.24. The largest absolute Gasteiger partial charge is 0.290 e. The van der Waals surface area contributed by atoms with Crippen molar-refractivity contribution in [1.29, 1.82) is 0 Å². The number of halogens is 3. The minimum Gasteiger partial charge on any atom is -0.290 e. The molecule has 1 N–H and O–H groups in total. The summed E-state index contributed by atoms with van der Waals surface area (Å²) in [5.41, 5.74) is 0.501. The minimum absolute atomic E-state index is 0.0365. The first-order valence-corrected chi connectivity index (χ1v) is 6.41. The van der Waals surface area contributed by atoms with E-state index in [0.29, 0.717) is 5.69 Å². The van der Waals surface area contributed by atoms with E-state index in [1.165, 1.54) is 12.1 Å². The van der Waals surface area contributed by atoms with Crippen LogP contribution in [-0.2, 0) is 0 Å². The van der Waals surface area contributed by atoms with Gasteiger partial charge in [0.2, 0.25) is 5.95 Å². The van der Waals surface area contributed by atoms with Crippen LogP contribution in [0.1, 0.15) is 16.1 Å². The molecule has 1 aromatic carbocycles.